The summed E-state index contributed by atoms with van der Waals surface area (Å²) in [5.74, 6) is -0.915. The number of carbonyl (C=O) groups is 2. The molecular weight excluding hydrogens is 545 g/mol. The van der Waals surface area contributed by atoms with Gasteiger partial charge in [0.2, 0.25) is 0 Å². The lowest BCUT2D eigenvalue weighted by atomic mass is 10.1. The lowest BCUT2D eigenvalue weighted by molar-refractivity contribution is -0.161. The van der Waals surface area contributed by atoms with Crippen LogP contribution >= 0.6 is 7.82 Å². The molecule has 3 N–H and O–H groups in total. The first-order valence-electron chi connectivity index (χ1n) is 15.1. The predicted octanol–water partition coefficient (Wildman–Crippen LogP) is 7.26. The Morgan fingerprint density at radius 1 is 0.756 bits per heavy atom. The van der Waals surface area contributed by atoms with Gasteiger partial charge in [-0.05, 0) is 51.4 Å². The molecule has 0 spiro atoms. The summed E-state index contributed by atoms with van der Waals surface area (Å²) in [7, 11) is -4.35. The van der Waals surface area contributed by atoms with Gasteiger partial charge in [-0.25, -0.2) is 4.57 Å². The van der Waals surface area contributed by atoms with Crippen molar-refractivity contribution in [3.05, 3.63) is 48.6 Å². The van der Waals surface area contributed by atoms with Crippen LogP contribution in [0.25, 0.3) is 0 Å². The zero-order valence-corrected chi connectivity index (χ0v) is 26.1. The van der Waals surface area contributed by atoms with Crippen LogP contribution in [-0.2, 0) is 32.7 Å². The molecule has 10 heteroatoms. The van der Waals surface area contributed by atoms with Gasteiger partial charge in [-0.1, -0.05) is 88.1 Å². The summed E-state index contributed by atoms with van der Waals surface area (Å²) in [6, 6.07) is 0. The number of allylic oxidation sites excluding steroid dienone is 8. The van der Waals surface area contributed by atoms with Gasteiger partial charge in [0, 0.05) is 19.4 Å². The quantitative estimate of drug-likeness (QED) is 0.0433. The topological polar surface area (TPSA) is 134 Å². The van der Waals surface area contributed by atoms with Crippen molar-refractivity contribution in [2.75, 3.05) is 26.4 Å². The Kier molecular flexibility index (Phi) is 26.7. The minimum atomic E-state index is -4.35. The van der Waals surface area contributed by atoms with Gasteiger partial charge in [0.25, 0.3) is 0 Å². The zero-order valence-electron chi connectivity index (χ0n) is 25.3. The third-order valence-electron chi connectivity index (χ3n) is 5.70. The molecule has 2 unspecified atom stereocenters. The van der Waals surface area contributed by atoms with Crippen LogP contribution in [0.3, 0.4) is 0 Å². The van der Waals surface area contributed by atoms with Crippen molar-refractivity contribution < 1.29 is 37.6 Å². The van der Waals surface area contributed by atoms with Crippen LogP contribution in [0.1, 0.15) is 104 Å². The van der Waals surface area contributed by atoms with E-state index in [0.29, 0.717) is 12.8 Å². The van der Waals surface area contributed by atoms with Crippen LogP contribution in [0.5, 0.6) is 0 Å². The molecule has 236 valence electrons. The molecular formula is C31H54NO8P. The highest BCUT2D eigenvalue weighted by Gasteiger charge is 2.25. The first-order valence-corrected chi connectivity index (χ1v) is 16.6. The molecule has 0 aliphatic carbocycles. The number of carbonyl (C=O) groups excluding carboxylic acids is 2. The number of nitrogens with two attached hydrogens (primary N) is 1. The van der Waals surface area contributed by atoms with Gasteiger partial charge in [0.05, 0.1) is 13.2 Å². The lowest BCUT2D eigenvalue weighted by Gasteiger charge is -2.19. The molecule has 0 aliphatic rings. The predicted molar refractivity (Wildman–Crippen MR) is 164 cm³/mol. The monoisotopic (exact) mass is 599 g/mol. The lowest BCUT2D eigenvalue weighted by Crippen LogP contribution is -2.29. The molecule has 2 atom stereocenters. The molecule has 0 aliphatic heterocycles. The highest BCUT2D eigenvalue weighted by Crippen LogP contribution is 2.43. The van der Waals surface area contributed by atoms with E-state index in [1.807, 2.05) is 6.92 Å². The second kappa shape index (κ2) is 28.1. The van der Waals surface area contributed by atoms with Gasteiger partial charge in [-0.2, -0.15) is 0 Å². The summed E-state index contributed by atoms with van der Waals surface area (Å²) in [5, 5.41) is 0. The zero-order chi connectivity index (χ0) is 30.4. The Morgan fingerprint density at radius 2 is 1.34 bits per heavy atom. The van der Waals surface area contributed by atoms with Crippen molar-refractivity contribution in [2.24, 2.45) is 5.73 Å². The highest BCUT2D eigenvalue weighted by molar-refractivity contribution is 7.47. The summed E-state index contributed by atoms with van der Waals surface area (Å²) >= 11 is 0. The van der Waals surface area contributed by atoms with E-state index in [4.69, 9.17) is 19.7 Å². The second-order valence-electron chi connectivity index (χ2n) is 9.59. The standard InChI is InChI=1S/C31H54NO8P/c1-3-5-6-7-8-9-10-11-12-13-14-15-16-17-18-19-20-21-22-24-31(34)40-29(27-37-30(33)23-4-2)28-39-41(35,36)38-26-25-32/h5-6,8-9,11-12,14-15,29H,3-4,7,10,13,16-28,32H2,1-2H3,(H,35,36)/b6-5-,9-8-,12-11-,15-14-. The number of hydrogen-bond acceptors (Lipinski definition) is 8. The third kappa shape index (κ3) is 27.9. The number of ether oxygens (including phenoxy) is 2. The fourth-order valence-corrected chi connectivity index (χ4v) is 4.31. The van der Waals surface area contributed by atoms with E-state index < -0.39 is 32.5 Å². The van der Waals surface area contributed by atoms with E-state index in [1.165, 1.54) is 0 Å². The fourth-order valence-electron chi connectivity index (χ4n) is 3.54. The van der Waals surface area contributed by atoms with Gasteiger partial charge in [-0.15, -0.1) is 0 Å². The molecule has 0 radical (unpaired) electrons. The Morgan fingerprint density at radius 3 is 1.95 bits per heavy atom. The second-order valence-corrected chi connectivity index (χ2v) is 11.0. The van der Waals surface area contributed by atoms with E-state index >= 15 is 0 Å². The van der Waals surface area contributed by atoms with Crippen LogP contribution in [-0.4, -0.2) is 49.3 Å². The average Bonchev–Trinajstić information content (AvgIpc) is 2.94. The Labute approximate surface area is 247 Å². The number of phosphoric ester groups is 1. The Hall–Kier alpha value is -2.03. The van der Waals surface area contributed by atoms with Crippen molar-refractivity contribution in [2.45, 2.75) is 110 Å². The van der Waals surface area contributed by atoms with Crippen LogP contribution in [0.15, 0.2) is 48.6 Å². The fraction of sp³-hybridized carbons (Fsp3) is 0.677. The summed E-state index contributed by atoms with van der Waals surface area (Å²) in [6.07, 6.45) is 28.8. The number of unbranched alkanes of at least 4 members (excludes halogenated alkanes) is 6. The van der Waals surface area contributed by atoms with Crippen LogP contribution in [0.4, 0.5) is 0 Å². The first kappa shape index (κ1) is 39.0. The number of rotatable bonds is 27. The molecule has 0 aromatic rings. The molecule has 0 aromatic carbocycles. The van der Waals surface area contributed by atoms with E-state index in [2.05, 4.69) is 60.1 Å². The Bertz CT molecular complexity index is 825. The summed E-state index contributed by atoms with van der Waals surface area (Å²) < 4.78 is 31.9. The number of hydrogen-bond donors (Lipinski definition) is 2. The molecule has 0 saturated heterocycles. The number of esters is 2. The van der Waals surface area contributed by atoms with Gasteiger partial charge in [0.1, 0.15) is 6.61 Å². The van der Waals surface area contributed by atoms with E-state index in [9.17, 15) is 19.0 Å². The van der Waals surface area contributed by atoms with Gasteiger partial charge in [-0.3, -0.25) is 18.6 Å². The summed E-state index contributed by atoms with van der Waals surface area (Å²) in [6.45, 7) is 3.16. The van der Waals surface area contributed by atoms with Crippen molar-refractivity contribution in [1.29, 1.82) is 0 Å². The molecule has 0 saturated carbocycles. The van der Waals surface area contributed by atoms with Crippen molar-refractivity contribution in [3.8, 4) is 0 Å². The summed E-state index contributed by atoms with van der Waals surface area (Å²) in [4.78, 5) is 33.6. The molecule has 0 rings (SSSR count). The van der Waals surface area contributed by atoms with Crippen LogP contribution < -0.4 is 5.73 Å². The average molecular weight is 600 g/mol. The van der Waals surface area contributed by atoms with Gasteiger partial charge < -0.3 is 20.1 Å². The van der Waals surface area contributed by atoms with Crippen molar-refractivity contribution in [3.63, 3.8) is 0 Å². The molecule has 41 heavy (non-hydrogen) atoms. The van der Waals surface area contributed by atoms with E-state index in [1.54, 1.807) is 0 Å². The Balaban J connectivity index is 4.03. The largest absolute Gasteiger partial charge is 0.472 e. The van der Waals surface area contributed by atoms with E-state index in [0.717, 1.165) is 64.2 Å². The molecule has 0 amide bonds. The SMILES string of the molecule is CC/C=C\C/C=C\C/C=C\C/C=C\CCCCCCCCC(=O)OC(COC(=O)CCC)COP(=O)(O)OCCN. The normalized spacial score (nSPS) is 14.3. The molecule has 0 bridgehead atoms. The maximum absolute atomic E-state index is 12.3. The minimum Gasteiger partial charge on any atom is -0.462 e. The minimum absolute atomic E-state index is 0.0479. The number of phosphoric acid groups is 1. The van der Waals surface area contributed by atoms with Gasteiger partial charge >= 0.3 is 19.8 Å². The molecule has 0 fully saturated rings. The third-order valence-corrected chi connectivity index (χ3v) is 6.68. The first-order chi connectivity index (χ1) is 19.8. The molecule has 9 nitrogen and oxygen atoms in total. The van der Waals surface area contributed by atoms with Crippen molar-refractivity contribution in [1.82, 2.24) is 0 Å². The highest BCUT2D eigenvalue weighted by atomic mass is 31.2. The van der Waals surface area contributed by atoms with Gasteiger partial charge in [0.15, 0.2) is 6.10 Å². The summed E-state index contributed by atoms with van der Waals surface area (Å²) in [5.41, 5.74) is 5.26. The van der Waals surface area contributed by atoms with E-state index in [-0.39, 0.29) is 32.6 Å². The molecule has 0 aromatic heterocycles. The maximum Gasteiger partial charge on any atom is 0.472 e. The van der Waals surface area contributed by atoms with Crippen LogP contribution in [0, 0.1) is 0 Å². The van der Waals surface area contributed by atoms with Crippen LogP contribution in [0.2, 0.25) is 0 Å². The smallest absolute Gasteiger partial charge is 0.462 e. The maximum atomic E-state index is 12.3. The molecule has 0 heterocycles. The van der Waals surface area contributed by atoms with Crippen molar-refractivity contribution >= 4 is 19.8 Å².